The topological polar surface area (TPSA) is 28.7 Å². The van der Waals surface area contributed by atoms with Crippen LogP contribution in [0, 0.1) is 13.8 Å². The molecule has 0 bridgehead atoms. The number of nitrogens with zero attached hydrogens (tertiary/aromatic N) is 1. The third kappa shape index (κ3) is 1.79. The molecule has 3 rings (SSSR count). The number of benzene rings is 2. The maximum absolute atomic E-state index is 6.06. The van der Waals surface area contributed by atoms with Crippen molar-refractivity contribution in [2.45, 2.75) is 13.8 Å². The number of hydrogen-bond donors (Lipinski definition) is 1. The molecule has 0 radical (unpaired) electrons. The van der Waals surface area contributed by atoms with Gasteiger partial charge < -0.3 is 4.98 Å². The van der Waals surface area contributed by atoms with E-state index in [-0.39, 0.29) is 0 Å². The number of aryl methyl sites for hydroxylation is 2. The number of H-pyrrole nitrogens is 1. The summed E-state index contributed by atoms with van der Waals surface area (Å²) in [7, 11) is 0. The van der Waals surface area contributed by atoms with Crippen LogP contribution in [0.15, 0.2) is 36.4 Å². The number of para-hydroxylation sites is 1. The largest absolute Gasteiger partial charge is 0.338 e. The molecule has 0 saturated heterocycles. The molecule has 18 heavy (non-hydrogen) atoms. The highest BCUT2D eigenvalue weighted by atomic mass is 35.5. The Morgan fingerprint density at radius 3 is 2.67 bits per heavy atom. The number of rotatable bonds is 1. The molecule has 2 aromatic carbocycles. The van der Waals surface area contributed by atoms with E-state index in [4.69, 9.17) is 11.6 Å². The molecule has 2 nitrogen and oxygen atoms in total. The van der Waals surface area contributed by atoms with Gasteiger partial charge in [0.2, 0.25) is 0 Å². The van der Waals surface area contributed by atoms with Crippen LogP contribution in [-0.2, 0) is 0 Å². The van der Waals surface area contributed by atoms with Crippen molar-refractivity contribution in [2.75, 3.05) is 0 Å². The molecule has 1 N–H and O–H groups in total. The Balaban J connectivity index is 2.26. The van der Waals surface area contributed by atoms with Gasteiger partial charge in [-0.2, -0.15) is 0 Å². The zero-order valence-corrected chi connectivity index (χ0v) is 11.0. The fourth-order valence-electron chi connectivity index (χ4n) is 2.15. The molecule has 0 saturated carbocycles. The predicted molar refractivity (Wildman–Crippen MR) is 76.0 cm³/mol. The Kier molecular flexibility index (Phi) is 2.60. The van der Waals surface area contributed by atoms with Crippen LogP contribution < -0.4 is 0 Å². The Hall–Kier alpha value is -1.80. The summed E-state index contributed by atoms with van der Waals surface area (Å²) in [6, 6.07) is 12.0. The Morgan fingerprint density at radius 2 is 1.89 bits per heavy atom. The van der Waals surface area contributed by atoms with Crippen LogP contribution in [0.5, 0.6) is 0 Å². The minimum Gasteiger partial charge on any atom is -0.338 e. The number of nitrogens with one attached hydrogen (secondary N) is 1. The van der Waals surface area contributed by atoms with E-state index in [1.54, 1.807) is 0 Å². The second-order valence-corrected chi connectivity index (χ2v) is 4.95. The lowest BCUT2D eigenvalue weighted by molar-refractivity contribution is 1.30. The van der Waals surface area contributed by atoms with Gasteiger partial charge in [-0.3, -0.25) is 0 Å². The summed E-state index contributed by atoms with van der Waals surface area (Å²) in [6.45, 7) is 4.13. The van der Waals surface area contributed by atoms with Gasteiger partial charge in [0.25, 0.3) is 0 Å². The highest BCUT2D eigenvalue weighted by Gasteiger charge is 2.09. The van der Waals surface area contributed by atoms with Crippen LogP contribution in [0.3, 0.4) is 0 Å². The van der Waals surface area contributed by atoms with Crippen molar-refractivity contribution >= 4 is 22.6 Å². The van der Waals surface area contributed by atoms with E-state index < -0.39 is 0 Å². The van der Waals surface area contributed by atoms with E-state index in [2.05, 4.69) is 29.9 Å². The van der Waals surface area contributed by atoms with Crippen molar-refractivity contribution in [1.29, 1.82) is 0 Å². The number of hydrogen-bond acceptors (Lipinski definition) is 1. The first-order valence-corrected chi connectivity index (χ1v) is 6.25. The molecule has 0 atom stereocenters. The number of fused-ring (bicyclic) bond motifs is 1. The smallest absolute Gasteiger partial charge is 0.138 e. The molecule has 90 valence electrons. The molecule has 3 aromatic rings. The maximum Gasteiger partial charge on any atom is 0.138 e. The molecular formula is C15H13ClN2. The van der Waals surface area contributed by atoms with Gasteiger partial charge in [0, 0.05) is 10.6 Å². The zero-order chi connectivity index (χ0) is 12.7. The van der Waals surface area contributed by atoms with Crippen LogP contribution in [0.2, 0.25) is 5.02 Å². The summed E-state index contributed by atoms with van der Waals surface area (Å²) < 4.78 is 0. The number of imidazole rings is 1. The van der Waals surface area contributed by atoms with Crippen molar-refractivity contribution in [2.24, 2.45) is 0 Å². The zero-order valence-electron chi connectivity index (χ0n) is 10.3. The van der Waals surface area contributed by atoms with E-state index >= 15 is 0 Å². The van der Waals surface area contributed by atoms with Gasteiger partial charge in [0.1, 0.15) is 5.82 Å². The van der Waals surface area contributed by atoms with Gasteiger partial charge in [-0.25, -0.2) is 4.98 Å². The van der Waals surface area contributed by atoms with Crippen molar-refractivity contribution in [3.63, 3.8) is 0 Å². The van der Waals surface area contributed by atoms with Gasteiger partial charge in [0.15, 0.2) is 0 Å². The number of aromatic nitrogens is 2. The Morgan fingerprint density at radius 1 is 1.06 bits per heavy atom. The summed E-state index contributed by atoms with van der Waals surface area (Å²) >= 11 is 6.06. The molecule has 0 spiro atoms. The molecule has 0 fully saturated rings. The molecule has 0 aliphatic carbocycles. The monoisotopic (exact) mass is 256 g/mol. The third-order valence-electron chi connectivity index (χ3n) is 3.17. The molecule has 1 heterocycles. The van der Waals surface area contributed by atoms with E-state index in [0.717, 1.165) is 33.0 Å². The van der Waals surface area contributed by atoms with Crippen molar-refractivity contribution < 1.29 is 0 Å². The predicted octanol–water partition coefficient (Wildman–Crippen LogP) is 4.50. The fraction of sp³-hybridized carbons (Fsp3) is 0.133. The fourth-order valence-corrected chi connectivity index (χ4v) is 2.32. The van der Waals surface area contributed by atoms with E-state index in [9.17, 15) is 0 Å². The molecular weight excluding hydrogens is 244 g/mol. The second-order valence-electron chi connectivity index (χ2n) is 4.52. The lowest BCUT2D eigenvalue weighted by Crippen LogP contribution is -1.85. The van der Waals surface area contributed by atoms with E-state index in [1.807, 2.05) is 30.3 Å². The first kappa shape index (κ1) is 11.3. The van der Waals surface area contributed by atoms with Crippen molar-refractivity contribution in [1.82, 2.24) is 9.97 Å². The minimum absolute atomic E-state index is 0.729. The van der Waals surface area contributed by atoms with Crippen LogP contribution >= 0.6 is 11.6 Å². The summed E-state index contributed by atoms with van der Waals surface area (Å²) in [4.78, 5) is 8.02. The summed E-state index contributed by atoms with van der Waals surface area (Å²) in [5.41, 5.74) is 5.47. The van der Waals surface area contributed by atoms with Gasteiger partial charge in [-0.15, -0.1) is 0 Å². The lowest BCUT2D eigenvalue weighted by Gasteiger charge is -2.02. The summed E-state index contributed by atoms with van der Waals surface area (Å²) in [5, 5.41) is 0.729. The van der Waals surface area contributed by atoms with Gasteiger partial charge in [-0.1, -0.05) is 29.8 Å². The normalized spacial score (nSPS) is 11.1. The summed E-state index contributed by atoms with van der Waals surface area (Å²) in [6.07, 6.45) is 0. The first-order valence-electron chi connectivity index (χ1n) is 5.87. The van der Waals surface area contributed by atoms with Crippen LogP contribution in [-0.4, -0.2) is 9.97 Å². The third-order valence-corrected chi connectivity index (χ3v) is 3.40. The molecule has 0 aliphatic heterocycles. The SMILES string of the molecule is Cc1ccc(Cl)cc1-c1nc2c(C)cccc2[nH]1. The quantitative estimate of drug-likeness (QED) is 0.682. The second kappa shape index (κ2) is 4.14. The highest BCUT2D eigenvalue weighted by Crippen LogP contribution is 2.27. The highest BCUT2D eigenvalue weighted by molar-refractivity contribution is 6.30. The molecule has 3 heteroatoms. The molecule has 1 aromatic heterocycles. The van der Waals surface area contributed by atoms with E-state index in [1.165, 1.54) is 5.56 Å². The lowest BCUT2D eigenvalue weighted by atomic mass is 10.1. The van der Waals surface area contributed by atoms with Crippen molar-refractivity contribution in [3.8, 4) is 11.4 Å². The Bertz CT molecular complexity index is 728. The molecule has 0 aliphatic rings. The van der Waals surface area contributed by atoms with Crippen LogP contribution in [0.25, 0.3) is 22.4 Å². The number of aromatic amines is 1. The average molecular weight is 257 g/mol. The van der Waals surface area contributed by atoms with Gasteiger partial charge in [0.05, 0.1) is 11.0 Å². The molecule has 0 amide bonds. The standard InChI is InChI=1S/C15H13ClN2/c1-9-6-7-11(16)8-12(9)15-17-13-5-3-4-10(2)14(13)18-15/h3-8H,1-2H3,(H,17,18). The number of halogens is 1. The minimum atomic E-state index is 0.729. The molecule has 0 unspecified atom stereocenters. The van der Waals surface area contributed by atoms with Gasteiger partial charge in [-0.05, 0) is 43.2 Å². The Labute approximate surface area is 111 Å². The summed E-state index contributed by atoms with van der Waals surface area (Å²) in [5.74, 6) is 0.874. The maximum atomic E-state index is 6.06. The van der Waals surface area contributed by atoms with Crippen molar-refractivity contribution in [3.05, 3.63) is 52.5 Å². The van der Waals surface area contributed by atoms with Gasteiger partial charge >= 0.3 is 0 Å². The first-order chi connectivity index (χ1) is 8.65. The average Bonchev–Trinajstić information content (AvgIpc) is 2.77. The van der Waals surface area contributed by atoms with Crippen LogP contribution in [0.1, 0.15) is 11.1 Å². The van der Waals surface area contributed by atoms with E-state index in [0.29, 0.717) is 0 Å². The van der Waals surface area contributed by atoms with Crippen LogP contribution in [0.4, 0.5) is 0 Å².